The maximum Gasteiger partial charge on any atom is 0.174 e. The molecule has 0 fully saturated rings. The van der Waals surface area contributed by atoms with Gasteiger partial charge in [-0.2, -0.15) is 0 Å². The molecule has 3 nitrogen and oxygen atoms in total. The molecule has 1 heterocycles. The highest BCUT2D eigenvalue weighted by Crippen LogP contribution is 2.27. The molecule has 1 aromatic heterocycles. The number of nitrogens with one attached hydrogen (secondary N) is 1. The van der Waals surface area contributed by atoms with Gasteiger partial charge in [-0.1, -0.05) is 51.3 Å². The number of rotatable bonds is 5. The normalized spacial score (nSPS) is 10.5. The van der Waals surface area contributed by atoms with Crippen LogP contribution in [-0.4, -0.2) is 15.0 Å². The molecule has 2 aromatic carbocycles. The molecule has 0 unspecified atom stereocenters. The van der Waals surface area contributed by atoms with E-state index in [1.807, 2.05) is 65.7 Å². The smallest absolute Gasteiger partial charge is 0.174 e. The maximum atomic E-state index is 6.37. The summed E-state index contributed by atoms with van der Waals surface area (Å²) in [6, 6.07) is 17.2. The summed E-state index contributed by atoms with van der Waals surface area (Å²) >= 11 is 21.8. The first-order valence-electron chi connectivity index (χ1n) is 8.16. The van der Waals surface area contributed by atoms with E-state index in [0.29, 0.717) is 28.2 Å². The molecular weight excluding hydrogens is 465 g/mol. The Labute approximate surface area is 182 Å². The lowest BCUT2D eigenvalue weighted by Gasteiger charge is -2.27. The molecule has 0 spiro atoms. The lowest BCUT2D eigenvalue weighted by Crippen LogP contribution is -2.34. The second-order valence-electron chi connectivity index (χ2n) is 5.85. The van der Waals surface area contributed by atoms with Gasteiger partial charge in [0.1, 0.15) is 0 Å². The molecule has 7 heteroatoms. The summed E-state index contributed by atoms with van der Waals surface area (Å²) in [6.45, 7) is 1.06. The Hall–Kier alpha value is -1.66. The van der Waals surface area contributed by atoms with Gasteiger partial charge in [0.25, 0.3) is 0 Å². The van der Waals surface area contributed by atoms with Gasteiger partial charge in [0.2, 0.25) is 0 Å². The third kappa shape index (κ3) is 5.66. The highest BCUT2D eigenvalue weighted by Gasteiger charge is 2.15. The van der Waals surface area contributed by atoms with Gasteiger partial charge in [-0.3, -0.25) is 4.98 Å². The van der Waals surface area contributed by atoms with Crippen LogP contribution in [0.3, 0.4) is 0 Å². The number of hydrogen-bond donors (Lipinski definition) is 1. The summed E-state index contributed by atoms with van der Waals surface area (Å²) in [6.07, 6.45) is 3.57. The molecule has 0 radical (unpaired) electrons. The first kappa shape index (κ1) is 20.1. The van der Waals surface area contributed by atoms with Crippen LogP contribution in [0.15, 0.2) is 71.5 Å². The lowest BCUT2D eigenvalue weighted by atomic mass is 10.2. The van der Waals surface area contributed by atoms with E-state index >= 15 is 0 Å². The molecule has 0 bridgehead atoms. The molecule has 0 aliphatic rings. The topological polar surface area (TPSA) is 28.2 Å². The number of hydrogen-bond acceptors (Lipinski definition) is 2. The summed E-state index contributed by atoms with van der Waals surface area (Å²) in [5, 5.41) is 5.09. The lowest BCUT2D eigenvalue weighted by molar-refractivity contribution is 0.412. The first-order valence-corrected chi connectivity index (χ1v) is 10.1. The Morgan fingerprint density at radius 1 is 1.00 bits per heavy atom. The van der Waals surface area contributed by atoms with E-state index in [1.165, 1.54) is 0 Å². The van der Waals surface area contributed by atoms with E-state index < -0.39 is 0 Å². The van der Waals surface area contributed by atoms with Crippen molar-refractivity contribution in [3.8, 4) is 0 Å². The van der Waals surface area contributed by atoms with Crippen LogP contribution < -0.4 is 5.32 Å². The summed E-state index contributed by atoms with van der Waals surface area (Å²) in [5.74, 6) is 0. The van der Waals surface area contributed by atoms with Gasteiger partial charge >= 0.3 is 0 Å². The van der Waals surface area contributed by atoms with Crippen molar-refractivity contribution in [3.63, 3.8) is 0 Å². The van der Waals surface area contributed by atoms with Crippen LogP contribution in [0.1, 0.15) is 11.1 Å². The predicted molar refractivity (Wildman–Crippen MR) is 120 cm³/mol. The standard InChI is InChI=1S/C20H16BrCl2N3S/c21-15-6-8-16(9-7-15)25-20(27)26(12-14-3-2-10-24-11-14)13-17-18(22)4-1-5-19(17)23/h1-11H,12-13H2,(H,25,27). The zero-order chi connectivity index (χ0) is 19.2. The molecular formula is C20H16BrCl2N3S. The third-order valence-corrected chi connectivity index (χ3v) is 5.49. The van der Waals surface area contributed by atoms with Crippen molar-refractivity contribution in [1.29, 1.82) is 0 Å². The number of nitrogens with zero attached hydrogens (tertiary/aromatic N) is 2. The highest BCUT2D eigenvalue weighted by molar-refractivity contribution is 9.10. The van der Waals surface area contributed by atoms with E-state index in [2.05, 4.69) is 26.2 Å². The van der Waals surface area contributed by atoms with Gasteiger partial charge in [-0.25, -0.2) is 0 Å². The minimum Gasteiger partial charge on any atom is -0.340 e. The molecule has 0 aliphatic carbocycles. The Bertz CT molecular complexity index is 900. The highest BCUT2D eigenvalue weighted by atomic mass is 79.9. The van der Waals surface area contributed by atoms with Crippen LogP contribution in [0, 0.1) is 0 Å². The molecule has 0 atom stereocenters. The van der Waals surface area contributed by atoms with Gasteiger partial charge in [-0.05, 0) is 60.2 Å². The summed E-state index contributed by atoms with van der Waals surface area (Å²) in [7, 11) is 0. The average molecular weight is 481 g/mol. The summed E-state index contributed by atoms with van der Waals surface area (Å²) in [4.78, 5) is 6.20. The zero-order valence-electron chi connectivity index (χ0n) is 14.2. The number of thiocarbonyl (C=S) groups is 1. The second-order valence-corrected chi connectivity index (χ2v) is 7.97. The molecule has 0 saturated heterocycles. The second kappa shape index (κ2) is 9.51. The Kier molecular flexibility index (Phi) is 7.07. The van der Waals surface area contributed by atoms with Crippen LogP contribution in [0.2, 0.25) is 10.0 Å². The van der Waals surface area contributed by atoms with Crippen molar-refractivity contribution >= 4 is 62.1 Å². The number of halogens is 3. The molecule has 0 saturated carbocycles. The molecule has 0 aliphatic heterocycles. The van der Waals surface area contributed by atoms with Crippen molar-refractivity contribution in [2.45, 2.75) is 13.1 Å². The van der Waals surface area contributed by atoms with Crippen molar-refractivity contribution in [2.24, 2.45) is 0 Å². The van der Waals surface area contributed by atoms with Gasteiger partial charge in [0, 0.05) is 51.3 Å². The van der Waals surface area contributed by atoms with Crippen molar-refractivity contribution in [2.75, 3.05) is 5.32 Å². The van der Waals surface area contributed by atoms with Crippen molar-refractivity contribution < 1.29 is 0 Å². The van der Waals surface area contributed by atoms with Crippen LogP contribution in [0.25, 0.3) is 0 Å². The van der Waals surface area contributed by atoms with E-state index in [9.17, 15) is 0 Å². The van der Waals surface area contributed by atoms with E-state index in [-0.39, 0.29) is 0 Å². The zero-order valence-corrected chi connectivity index (χ0v) is 18.1. The van der Waals surface area contributed by atoms with Gasteiger partial charge in [0.15, 0.2) is 5.11 Å². The molecule has 3 rings (SSSR count). The minimum atomic E-state index is 0.482. The molecule has 138 valence electrons. The molecule has 27 heavy (non-hydrogen) atoms. The maximum absolute atomic E-state index is 6.37. The minimum absolute atomic E-state index is 0.482. The number of aromatic nitrogens is 1. The van der Waals surface area contributed by atoms with Crippen molar-refractivity contribution in [3.05, 3.63) is 92.6 Å². The van der Waals surface area contributed by atoms with E-state index in [1.54, 1.807) is 6.20 Å². The monoisotopic (exact) mass is 479 g/mol. The third-order valence-electron chi connectivity index (χ3n) is 3.89. The number of pyridine rings is 1. The molecule has 1 N–H and O–H groups in total. The first-order chi connectivity index (χ1) is 13.0. The fourth-order valence-corrected chi connectivity index (χ4v) is 3.55. The Morgan fingerprint density at radius 2 is 1.70 bits per heavy atom. The van der Waals surface area contributed by atoms with Crippen LogP contribution >= 0.6 is 51.3 Å². The average Bonchev–Trinajstić information content (AvgIpc) is 2.66. The largest absolute Gasteiger partial charge is 0.340 e. The van der Waals surface area contributed by atoms with Gasteiger partial charge < -0.3 is 10.2 Å². The van der Waals surface area contributed by atoms with Gasteiger partial charge in [-0.15, -0.1) is 0 Å². The van der Waals surface area contributed by atoms with Gasteiger partial charge in [0.05, 0.1) is 0 Å². The van der Waals surface area contributed by atoms with Crippen LogP contribution in [-0.2, 0) is 13.1 Å². The predicted octanol–water partition coefficient (Wildman–Crippen LogP) is 6.55. The summed E-state index contributed by atoms with van der Waals surface area (Å²) < 4.78 is 1.01. The van der Waals surface area contributed by atoms with Crippen molar-refractivity contribution in [1.82, 2.24) is 9.88 Å². The van der Waals surface area contributed by atoms with Crippen LogP contribution in [0.5, 0.6) is 0 Å². The summed E-state index contributed by atoms with van der Waals surface area (Å²) in [5.41, 5.74) is 2.79. The fraction of sp³-hybridized carbons (Fsp3) is 0.100. The Morgan fingerprint density at radius 3 is 2.33 bits per heavy atom. The van der Waals surface area contributed by atoms with Crippen LogP contribution in [0.4, 0.5) is 5.69 Å². The quantitative estimate of drug-likeness (QED) is 0.419. The number of benzene rings is 2. The fourth-order valence-electron chi connectivity index (χ4n) is 2.52. The SMILES string of the molecule is S=C(Nc1ccc(Br)cc1)N(Cc1cccnc1)Cc1c(Cl)cccc1Cl. The number of anilines is 1. The molecule has 3 aromatic rings. The Balaban J connectivity index is 1.84. The van der Waals surface area contributed by atoms with E-state index in [0.717, 1.165) is 21.3 Å². The van der Waals surface area contributed by atoms with E-state index in [4.69, 9.17) is 35.4 Å². The molecule has 0 amide bonds.